The van der Waals surface area contributed by atoms with Gasteiger partial charge in [0.2, 0.25) is 0 Å². The van der Waals surface area contributed by atoms with E-state index in [0.29, 0.717) is 5.82 Å². The molecule has 0 N–H and O–H groups in total. The van der Waals surface area contributed by atoms with Crippen LogP contribution >= 0.6 is 15.9 Å². The van der Waals surface area contributed by atoms with Crippen molar-refractivity contribution >= 4 is 15.9 Å². The first kappa shape index (κ1) is 4.77. The minimum atomic E-state index is -0.218. The van der Waals surface area contributed by atoms with Crippen LogP contribution < -0.4 is 0 Å². The highest BCUT2D eigenvalue weighted by molar-refractivity contribution is 9.10. The lowest BCUT2D eigenvalue weighted by Crippen LogP contribution is -1.92. The summed E-state index contributed by atoms with van der Waals surface area (Å²) in [6.45, 7) is 0. The van der Waals surface area contributed by atoms with E-state index in [1.807, 2.05) is 0 Å². The highest BCUT2D eigenvalue weighted by Gasteiger charge is 1.94. The number of nitrogens with zero attached hydrogens (tertiary/aromatic N) is 3. The molecule has 0 aliphatic carbocycles. The Balaban J connectivity index is 2.58. The van der Waals surface area contributed by atoms with Crippen LogP contribution in [0.2, 0.25) is 0 Å². The van der Waals surface area contributed by atoms with Crippen molar-refractivity contribution in [2.24, 2.45) is 0 Å². The molecular formula is C8H6BrN3. The Hall–Kier alpha value is -1.16. The van der Waals surface area contributed by atoms with Crippen LogP contribution in [-0.2, 0) is 0 Å². The summed E-state index contributed by atoms with van der Waals surface area (Å²) in [6.07, 6.45) is 1.07. The van der Waals surface area contributed by atoms with Gasteiger partial charge < -0.3 is 0 Å². The monoisotopic (exact) mass is 226 g/mol. The van der Waals surface area contributed by atoms with Crippen LogP contribution in [0.25, 0.3) is 5.82 Å². The first-order valence-corrected chi connectivity index (χ1v) is 4.03. The van der Waals surface area contributed by atoms with Crippen LogP contribution in [-0.4, -0.2) is 14.5 Å². The normalized spacial score (nSPS) is 13.6. The Kier molecular flexibility index (Phi) is 1.22. The van der Waals surface area contributed by atoms with Gasteiger partial charge in [0.05, 0.1) is 2.74 Å². The smallest absolute Gasteiger partial charge is 0.137 e. The number of aromatic nitrogens is 3. The van der Waals surface area contributed by atoms with Gasteiger partial charge in [0.1, 0.15) is 13.5 Å². The first-order valence-electron chi connectivity index (χ1n) is 4.74. The minimum Gasteiger partial charge on any atom is -0.291 e. The van der Waals surface area contributed by atoms with Gasteiger partial charge in [-0.1, -0.05) is 0 Å². The summed E-state index contributed by atoms with van der Waals surface area (Å²) in [6, 6.07) is 3.41. The van der Waals surface area contributed by atoms with Crippen LogP contribution in [0.5, 0.6) is 0 Å². The molecule has 0 radical (unpaired) electrons. The lowest BCUT2D eigenvalue weighted by atomic mass is 10.5. The van der Waals surface area contributed by atoms with Crippen LogP contribution in [0, 0.1) is 0 Å². The van der Waals surface area contributed by atoms with E-state index in [0.717, 1.165) is 4.47 Å². The molecule has 0 bridgehead atoms. The van der Waals surface area contributed by atoms with E-state index >= 15 is 0 Å². The van der Waals surface area contributed by atoms with Crippen molar-refractivity contribution in [3.05, 3.63) is 41.5 Å². The van der Waals surface area contributed by atoms with Gasteiger partial charge in [0, 0.05) is 23.0 Å². The molecule has 0 aliphatic rings. The lowest BCUT2D eigenvalue weighted by Gasteiger charge is -1.98. The second-order valence-corrected chi connectivity index (χ2v) is 3.02. The number of hydrogen-bond acceptors (Lipinski definition) is 2. The van der Waals surface area contributed by atoms with Gasteiger partial charge in [0.15, 0.2) is 0 Å². The summed E-state index contributed by atoms with van der Waals surface area (Å²) in [5, 5.41) is 0. The van der Waals surface area contributed by atoms with Crippen LogP contribution in [0.4, 0.5) is 0 Å². The van der Waals surface area contributed by atoms with Crippen molar-refractivity contribution in [2.75, 3.05) is 0 Å². The molecule has 0 fully saturated rings. The molecule has 12 heavy (non-hydrogen) atoms. The van der Waals surface area contributed by atoms with Gasteiger partial charge in [-0.25, -0.2) is 9.97 Å². The summed E-state index contributed by atoms with van der Waals surface area (Å²) in [4.78, 5) is 7.60. The molecule has 0 aromatic carbocycles. The third-order valence-electron chi connectivity index (χ3n) is 1.31. The van der Waals surface area contributed by atoms with Crippen molar-refractivity contribution in [1.29, 1.82) is 0 Å². The molecule has 2 aromatic heterocycles. The molecule has 4 heteroatoms. The van der Waals surface area contributed by atoms with Crippen LogP contribution in [0.1, 0.15) is 4.11 Å². The predicted octanol–water partition coefficient (Wildman–Crippen LogP) is 2.03. The number of hydrogen-bond donors (Lipinski definition) is 0. The van der Waals surface area contributed by atoms with E-state index in [2.05, 4.69) is 25.9 Å². The van der Waals surface area contributed by atoms with E-state index in [1.54, 1.807) is 18.3 Å². The topological polar surface area (TPSA) is 30.7 Å². The van der Waals surface area contributed by atoms with Gasteiger partial charge in [-0.05, 0) is 28.1 Å². The maximum absolute atomic E-state index is 7.55. The van der Waals surface area contributed by atoms with Crippen molar-refractivity contribution < 1.29 is 4.11 Å². The molecule has 60 valence electrons. The van der Waals surface area contributed by atoms with E-state index in [9.17, 15) is 0 Å². The average molecular weight is 227 g/mol. The summed E-state index contributed by atoms with van der Waals surface area (Å²) >= 11 is 3.24. The highest BCUT2D eigenvalue weighted by atomic mass is 79.9. The van der Waals surface area contributed by atoms with E-state index in [4.69, 9.17) is 4.11 Å². The molecule has 0 spiro atoms. The first-order chi connectivity index (χ1) is 7.09. The number of pyridine rings is 1. The maximum Gasteiger partial charge on any atom is 0.137 e. The summed E-state index contributed by atoms with van der Waals surface area (Å²) in [5.41, 5.74) is 0. The quantitative estimate of drug-likeness (QED) is 0.746. The molecule has 0 atom stereocenters. The Bertz CT molecular complexity index is 495. The summed E-state index contributed by atoms with van der Waals surface area (Å²) in [5.74, 6) is 0.416. The van der Waals surface area contributed by atoms with Crippen molar-refractivity contribution in [1.82, 2.24) is 14.5 Å². The molecule has 3 nitrogen and oxygen atoms in total. The fourth-order valence-corrected chi connectivity index (χ4v) is 1.02. The van der Waals surface area contributed by atoms with Gasteiger partial charge in [0.25, 0.3) is 0 Å². The van der Waals surface area contributed by atoms with E-state index < -0.39 is 0 Å². The average Bonchev–Trinajstić information content (AvgIpc) is 2.44. The number of imidazole rings is 1. The van der Waals surface area contributed by atoms with Crippen molar-refractivity contribution in [3.63, 3.8) is 0 Å². The van der Waals surface area contributed by atoms with Gasteiger partial charge in [-0.15, -0.1) is 0 Å². The largest absolute Gasteiger partial charge is 0.291 e. The fourth-order valence-electron chi connectivity index (χ4n) is 0.784. The molecule has 2 aromatic rings. The van der Waals surface area contributed by atoms with Gasteiger partial charge in [-0.3, -0.25) is 4.57 Å². The summed E-state index contributed by atoms with van der Waals surface area (Å²) in [7, 11) is 0. The van der Waals surface area contributed by atoms with Crippen LogP contribution in [0.3, 0.4) is 0 Å². The molecule has 2 rings (SSSR count). The molecular weight excluding hydrogens is 218 g/mol. The highest BCUT2D eigenvalue weighted by Crippen LogP contribution is 2.09. The van der Waals surface area contributed by atoms with E-state index in [-0.39, 0.29) is 18.6 Å². The third kappa shape index (κ3) is 1.38. The molecule has 0 saturated heterocycles. The maximum atomic E-state index is 7.55. The molecule has 2 heterocycles. The zero-order valence-electron chi connectivity index (χ0n) is 8.95. The zero-order chi connectivity index (χ0) is 11.0. The minimum absolute atomic E-state index is 0.130. The van der Waals surface area contributed by atoms with E-state index in [1.165, 1.54) is 4.57 Å². The standard InChI is InChI=1S/C8H6BrN3/c9-7-1-2-8(11-5-7)12-4-3-10-6-12/h1-6H/i3D,4D,6D. The van der Waals surface area contributed by atoms with Gasteiger partial charge in [-0.2, -0.15) is 0 Å². The van der Waals surface area contributed by atoms with Crippen molar-refractivity contribution in [3.8, 4) is 5.82 Å². The summed E-state index contributed by atoms with van der Waals surface area (Å²) < 4.78 is 24.3. The molecule has 0 unspecified atom stereocenters. The molecule has 0 amide bonds. The lowest BCUT2D eigenvalue weighted by molar-refractivity contribution is 0.991. The fraction of sp³-hybridized carbons (Fsp3) is 0. The Morgan fingerprint density at radius 2 is 2.42 bits per heavy atom. The Morgan fingerprint density at radius 1 is 1.50 bits per heavy atom. The second-order valence-electron chi connectivity index (χ2n) is 2.11. The number of halogens is 1. The third-order valence-corrected chi connectivity index (χ3v) is 1.78. The predicted molar refractivity (Wildman–Crippen MR) is 49.1 cm³/mol. The van der Waals surface area contributed by atoms with Gasteiger partial charge >= 0.3 is 0 Å². The number of rotatable bonds is 1. The van der Waals surface area contributed by atoms with Crippen molar-refractivity contribution in [2.45, 2.75) is 0 Å². The van der Waals surface area contributed by atoms with Crippen LogP contribution in [0.15, 0.2) is 41.5 Å². The molecule has 0 aliphatic heterocycles. The second kappa shape index (κ2) is 3.06. The Morgan fingerprint density at radius 3 is 3.00 bits per heavy atom. The zero-order valence-corrected chi connectivity index (χ0v) is 7.54. The Labute approximate surface area is 82.4 Å². The molecule has 0 saturated carbocycles. The SMILES string of the molecule is [2H]c1nc([2H])n(-c2ccc(Br)cn2)c1[2H].